The van der Waals surface area contributed by atoms with Crippen molar-refractivity contribution in [2.75, 3.05) is 13.2 Å². The summed E-state index contributed by atoms with van der Waals surface area (Å²) in [5.41, 5.74) is 0. The van der Waals surface area contributed by atoms with Crippen molar-refractivity contribution in [3.63, 3.8) is 0 Å². The van der Waals surface area contributed by atoms with E-state index in [1.54, 1.807) is 0 Å². The van der Waals surface area contributed by atoms with Gasteiger partial charge in [-0.2, -0.15) is 4.31 Å². The number of carboxylic acids is 1. The smallest absolute Gasteiger partial charge is 0.345 e. The van der Waals surface area contributed by atoms with Gasteiger partial charge in [-0.25, -0.2) is 13.2 Å². The van der Waals surface area contributed by atoms with Gasteiger partial charge in [0.1, 0.15) is 9.77 Å². The average molecular weight is 384 g/mol. The molecule has 1 aliphatic heterocycles. The number of aliphatic hydroxyl groups excluding tert-OH is 1. The topological polar surface area (TPSA) is 94.9 Å². The molecule has 2 heterocycles. The molecule has 1 saturated heterocycles. The van der Waals surface area contributed by atoms with Gasteiger partial charge in [-0.1, -0.05) is 6.42 Å². The van der Waals surface area contributed by atoms with Crippen LogP contribution in [0.2, 0.25) is 0 Å². The number of carbonyl (C=O) groups is 1. The van der Waals surface area contributed by atoms with Gasteiger partial charge in [0.25, 0.3) is 0 Å². The number of nitrogens with zero attached hydrogens (tertiary/aromatic N) is 1. The average Bonchev–Trinajstić information content (AvgIpc) is 2.81. The van der Waals surface area contributed by atoms with E-state index in [4.69, 9.17) is 5.11 Å². The van der Waals surface area contributed by atoms with Gasteiger partial charge in [0.15, 0.2) is 0 Å². The van der Waals surface area contributed by atoms with Crippen molar-refractivity contribution < 1.29 is 23.4 Å². The van der Waals surface area contributed by atoms with Crippen molar-refractivity contribution in [1.82, 2.24) is 4.31 Å². The number of aliphatic hydroxyl groups is 1. The standard InChI is InChI=1S/C11H14BrNO5S2/c12-10-9(5-8(19-10)11(15)16)20(17,18)13-4-2-1-3-7(13)6-14/h5,7,14H,1-4,6H2,(H,15,16). The maximum atomic E-state index is 12.6. The SMILES string of the molecule is O=C(O)c1cc(S(=O)(=O)N2CCCCC2CO)c(Br)s1. The van der Waals surface area contributed by atoms with Crippen LogP contribution < -0.4 is 0 Å². The van der Waals surface area contributed by atoms with Crippen molar-refractivity contribution >= 4 is 43.3 Å². The molecule has 0 aliphatic carbocycles. The minimum atomic E-state index is -3.79. The number of thiophene rings is 1. The lowest BCUT2D eigenvalue weighted by Crippen LogP contribution is -2.45. The summed E-state index contributed by atoms with van der Waals surface area (Å²) in [6, 6.07) is 0.726. The van der Waals surface area contributed by atoms with Crippen LogP contribution in [0.3, 0.4) is 0 Å². The summed E-state index contributed by atoms with van der Waals surface area (Å²) in [5.74, 6) is -1.16. The fourth-order valence-electron chi connectivity index (χ4n) is 2.23. The fraction of sp³-hybridized carbons (Fsp3) is 0.545. The van der Waals surface area contributed by atoms with Gasteiger partial charge in [0.05, 0.1) is 10.4 Å². The lowest BCUT2D eigenvalue weighted by molar-refractivity contribution is 0.0702. The van der Waals surface area contributed by atoms with E-state index < -0.39 is 22.0 Å². The minimum absolute atomic E-state index is 0.0343. The van der Waals surface area contributed by atoms with Crippen molar-refractivity contribution in [2.24, 2.45) is 0 Å². The van der Waals surface area contributed by atoms with E-state index in [0.717, 1.165) is 30.2 Å². The molecule has 0 aromatic carbocycles. The molecule has 1 unspecified atom stereocenters. The van der Waals surface area contributed by atoms with E-state index in [-0.39, 0.29) is 20.2 Å². The third-order valence-electron chi connectivity index (χ3n) is 3.24. The molecule has 2 rings (SSSR count). The first-order valence-corrected chi connectivity index (χ1v) is 9.08. The highest BCUT2D eigenvalue weighted by atomic mass is 79.9. The lowest BCUT2D eigenvalue weighted by Gasteiger charge is -2.33. The molecule has 1 aromatic rings. The van der Waals surface area contributed by atoms with Crippen LogP contribution in [0.15, 0.2) is 14.7 Å². The van der Waals surface area contributed by atoms with Crippen molar-refractivity contribution in [1.29, 1.82) is 0 Å². The number of halogens is 1. The summed E-state index contributed by atoms with van der Waals surface area (Å²) in [5, 5.41) is 18.3. The summed E-state index contributed by atoms with van der Waals surface area (Å²) in [4.78, 5) is 10.9. The van der Waals surface area contributed by atoms with E-state index in [0.29, 0.717) is 13.0 Å². The Bertz CT molecular complexity index is 612. The second-order valence-corrected chi connectivity index (χ2v) is 8.73. The van der Waals surface area contributed by atoms with Crippen LogP contribution in [0.1, 0.15) is 28.9 Å². The number of sulfonamides is 1. The van der Waals surface area contributed by atoms with Crippen molar-refractivity contribution in [3.05, 3.63) is 14.7 Å². The third-order valence-corrected chi connectivity index (χ3v) is 7.43. The van der Waals surface area contributed by atoms with Gasteiger partial charge in [-0.15, -0.1) is 11.3 Å². The number of piperidine rings is 1. The predicted octanol–water partition coefficient (Wildman–Crippen LogP) is 1.74. The number of carboxylic acid groups (broad SMARTS) is 1. The second-order valence-electron chi connectivity index (χ2n) is 4.50. The van der Waals surface area contributed by atoms with Crippen LogP contribution in [0.4, 0.5) is 0 Å². The molecular weight excluding hydrogens is 370 g/mol. The molecule has 0 radical (unpaired) electrons. The lowest BCUT2D eigenvalue weighted by atomic mass is 10.1. The summed E-state index contributed by atoms with van der Waals surface area (Å²) in [6.45, 7) is 0.116. The maximum Gasteiger partial charge on any atom is 0.345 e. The first-order valence-electron chi connectivity index (χ1n) is 6.03. The molecule has 1 atom stereocenters. The van der Waals surface area contributed by atoms with Gasteiger partial charge in [0, 0.05) is 12.6 Å². The number of hydrogen-bond donors (Lipinski definition) is 2. The van der Waals surface area contributed by atoms with Crippen LogP contribution in [-0.2, 0) is 10.0 Å². The molecule has 0 bridgehead atoms. The fourth-order valence-corrected chi connectivity index (χ4v) is 6.27. The first-order chi connectivity index (χ1) is 9.37. The first kappa shape index (κ1) is 15.9. The second kappa shape index (κ2) is 6.10. The molecule has 1 aromatic heterocycles. The van der Waals surface area contributed by atoms with Gasteiger partial charge >= 0.3 is 5.97 Å². The Morgan fingerprint density at radius 2 is 2.20 bits per heavy atom. The van der Waals surface area contributed by atoms with Gasteiger partial charge in [0.2, 0.25) is 10.0 Å². The quantitative estimate of drug-likeness (QED) is 0.825. The molecule has 0 saturated carbocycles. The minimum Gasteiger partial charge on any atom is -0.477 e. The molecule has 1 fully saturated rings. The van der Waals surface area contributed by atoms with E-state index >= 15 is 0 Å². The zero-order valence-corrected chi connectivity index (χ0v) is 13.7. The molecule has 9 heteroatoms. The van der Waals surface area contributed by atoms with Crippen LogP contribution in [-0.4, -0.2) is 48.1 Å². The van der Waals surface area contributed by atoms with Crippen LogP contribution in [0, 0.1) is 0 Å². The predicted molar refractivity (Wildman–Crippen MR) is 77.6 cm³/mol. The summed E-state index contributed by atoms with van der Waals surface area (Å²) >= 11 is 3.99. The van der Waals surface area contributed by atoms with Crippen molar-refractivity contribution in [2.45, 2.75) is 30.2 Å². The molecule has 112 valence electrons. The molecule has 0 amide bonds. The Balaban J connectivity index is 2.41. The Morgan fingerprint density at radius 1 is 1.50 bits per heavy atom. The molecular formula is C11H14BrNO5S2. The molecule has 0 spiro atoms. The van der Waals surface area contributed by atoms with E-state index in [2.05, 4.69) is 15.9 Å². The van der Waals surface area contributed by atoms with E-state index in [1.165, 1.54) is 4.31 Å². The van der Waals surface area contributed by atoms with E-state index in [9.17, 15) is 18.3 Å². The van der Waals surface area contributed by atoms with Gasteiger partial charge in [-0.05, 0) is 34.8 Å². The van der Waals surface area contributed by atoms with Crippen molar-refractivity contribution in [3.8, 4) is 0 Å². The highest BCUT2D eigenvalue weighted by molar-refractivity contribution is 9.11. The highest BCUT2D eigenvalue weighted by Gasteiger charge is 2.35. The number of aromatic carboxylic acids is 1. The zero-order valence-electron chi connectivity index (χ0n) is 10.5. The van der Waals surface area contributed by atoms with Crippen LogP contribution in [0.25, 0.3) is 0 Å². The summed E-state index contributed by atoms with van der Waals surface area (Å²) in [7, 11) is -3.79. The Morgan fingerprint density at radius 3 is 2.75 bits per heavy atom. The molecule has 2 N–H and O–H groups in total. The third kappa shape index (κ3) is 2.91. The van der Waals surface area contributed by atoms with Crippen LogP contribution >= 0.6 is 27.3 Å². The van der Waals surface area contributed by atoms with Gasteiger partial charge in [-0.3, -0.25) is 0 Å². The summed E-state index contributed by atoms with van der Waals surface area (Å²) < 4.78 is 26.8. The van der Waals surface area contributed by atoms with E-state index in [1.807, 2.05) is 0 Å². The molecule has 20 heavy (non-hydrogen) atoms. The zero-order chi connectivity index (χ0) is 14.9. The monoisotopic (exact) mass is 383 g/mol. The summed E-state index contributed by atoms with van der Waals surface area (Å²) in [6.07, 6.45) is 2.23. The largest absolute Gasteiger partial charge is 0.477 e. The Labute approximate surface area is 129 Å². The van der Waals surface area contributed by atoms with Gasteiger partial charge < -0.3 is 10.2 Å². The van der Waals surface area contributed by atoms with Crippen LogP contribution in [0.5, 0.6) is 0 Å². The number of rotatable bonds is 4. The Hall–Kier alpha value is -0.480. The highest BCUT2D eigenvalue weighted by Crippen LogP contribution is 2.35. The number of hydrogen-bond acceptors (Lipinski definition) is 5. The maximum absolute atomic E-state index is 12.6. The molecule has 1 aliphatic rings. The Kier molecular flexibility index (Phi) is 4.85. The normalized spacial score (nSPS) is 21.0. The molecule has 6 nitrogen and oxygen atoms in total.